The fourth-order valence-corrected chi connectivity index (χ4v) is 1.98. The van der Waals surface area contributed by atoms with E-state index in [2.05, 4.69) is 6.07 Å². The minimum Gasteiger partial charge on any atom is -0.493 e. The average molecular weight is 235 g/mol. The predicted octanol–water partition coefficient (Wildman–Crippen LogP) is 1.57. The highest BCUT2D eigenvalue weighted by Crippen LogP contribution is 2.30. The van der Waals surface area contributed by atoms with Gasteiger partial charge >= 0.3 is 0 Å². The third-order valence-corrected chi connectivity index (χ3v) is 3.03. The van der Waals surface area contributed by atoms with Crippen LogP contribution in [0, 0.1) is 0 Å². The van der Waals surface area contributed by atoms with Crippen molar-refractivity contribution < 1.29 is 14.4 Å². The zero-order valence-electron chi connectivity index (χ0n) is 10.2. The largest absolute Gasteiger partial charge is 0.493 e. The number of para-hydroxylation sites is 1. The van der Waals surface area contributed by atoms with Gasteiger partial charge in [-0.1, -0.05) is 18.2 Å². The molecule has 0 aromatic heterocycles. The fourth-order valence-electron chi connectivity index (χ4n) is 1.98. The summed E-state index contributed by atoms with van der Waals surface area (Å²) in [7, 11) is 3.11. The number of carbonyl (C=O) groups is 1. The molecular weight excluding hydrogens is 218 g/mol. The van der Waals surface area contributed by atoms with Crippen LogP contribution in [0.25, 0.3) is 0 Å². The van der Waals surface area contributed by atoms with Gasteiger partial charge in [0.15, 0.2) is 0 Å². The van der Waals surface area contributed by atoms with Crippen molar-refractivity contribution in [1.82, 2.24) is 5.06 Å². The number of hydroxylamine groups is 2. The molecule has 4 heteroatoms. The molecule has 4 nitrogen and oxygen atoms in total. The number of nitrogens with zero attached hydrogens (tertiary/aromatic N) is 1. The summed E-state index contributed by atoms with van der Waals surface area (Å²) in [6.07, 6.45) is 2.09. The molecule has 0 atom stereocenters. The number of hydrogen-bond donors (Lipinski definition) is 0. The number of ether oxygens (including phenoxy) is 1. The van der Waals surface area contributed by atoms with E-state index in [1.54, 1.807) is 7.05 Å². The first-order chi connectivity index (χ1) is 8.22. The monoisotopic (exact) mass is 235 g/mol. The summed E-state index contributed by atoms with van der Waals surface area (Å²) in [5.41, 5.74) is 2.35. The molecule has 1 aromatic rings. The fraction of sp³-hybridized carbons (Fsp3) is 0.462. The Morgan fingerprint density at radius 2 is 2.35 bits per heavy atom. The van der Waals surface area contributed by atoms with Crippen molar-refractivity contribution in [2.45, 2.75) is 19.3 Å². The molecular formula is C13H17NO3. The van der Waals surface area contributed by atoms with Gasteiger partial charge in [0.25, 0.3) is 0 Å². The van der Waals surface area contributed by atoms with E-state index in [-0.39, 0.29) is 5.91 Å². The second kappa shape index (κ2) is 5.19. The van der Waals surface area contributed by atoms with Crippen molar-refractivity contribution >= 4 is 5.91 Å². The highest BCUT2D eigenvalue weighted by molar-refractivity contribution is 5.75. The number of hydrogen-bond acceptors (Lipinski definition) is 3. The third-order valence-electron chi connectivity index (χ3n) is 3.03. The Kier molecular flexibility index (Phi) is 3.64. The van der Waals surface area contributed by atoms with Crippen LogP contribution in [0.2, 0.25) is 0 Å². The Balaban J connectivity index is 2.00. The lowest BCUT2D eigenvalue weighted by Crippen LogP contribution is -2.25. The van der Waals surface area contributed by atoms with E-state index in [0.717, 1.165) is 24.3 Å². The van der Waals surface area contributed by atoms with Crippen LogP contribution < -0.4 is 4.74 Å². The Hall–Kier alpha value is -1.55. The average Bonchev–Trinajstić information content (AvgIpc) is 2.83. The van der Waals surface area contributed by atoms with Crippen LogP contribution in [0.1, 0.15) is 17.5 Å². The van der Waals surface area contributed by atoms with Crippen molar-refractivity contribution in [3.63, 3.8) is 0 Å². The Morgan fingerprint density at radius 1 is 1.53 bits per heavy atom. The molecule has 0 unspecified atom stereocenters. The molecule has 0 spiro atoms. The Bertz CT molecular complexity index is 417. The van der Waals surface area contributed by atoms with Crippen molar-refractivity contribution in [2.24, 2.45) is 0 Å². The smallest absolute Gasteiger partial charge is 0.246 e. The summed E-state index contributed by atoms with van der Waals surface area (Å²) >= 11 is 0. The predicted molar refractivity (Wildman–Crippen MR) is 63.7 cm³/mol. The van der Waals surface area contributed by atoms with Crippen molar-refractivity contribution in [3.05, 3.63) is 29.3 Å². The SMILES string of the molecule is CON(C)C(=O)CCc1cccc2c1OCC2. The molecule has 1 aliphatic heterocycles. The molecule has 1 amide bonds. The van der Waals surface area contributed by atoms with Crippen LogP contribution in [0.4, 0.5) is 0 Å². The maximum Gasteiger partial charge on any atom is 0.246 e. The van der Waals surface area contributed by atoms with Crippen molar-refractivity contribution in [1.29, 1.82) is 0 Å². The standard InChI is InChI=1S/C13H17NO3/c1-14(16-2)12(15)7-6-10-4-3-5-11-8-9-17-13(10)11/h3-5H,6-9H2,1-2H3. The van der Waals surface area contributed by atoms with E-state index in [0.29, 0.717) is 12.8 Å². The lowest BCUT2D eigenvalue weighted by atomic mass is 10.0. The highest BCUT2D eigenvalue weighted by atomic mass is 16.7. The van der Waals surface area contributed by atoms with Crippen LogP contribution >= 0.6 is 0 Å². The lowest BCUT2D eigenvalue weighted by Gasteiger charge is -2.14. The molecule has 0 saturated heterocycles. The van der Waals surface area contributed by atoms with Gasteiger partial charge in [-0.3, -0.25) is 9.63 Å². The highest BCUT2D eigenvalue weighted by Gasteiger charge is 2.17. The molecule has 0 radical (unpaired) electrons. The number of carbonyl (C=O) groups excluding carboxylic acids is 1. The van der Waals surface area contributed by atoms with E-state index in [1.165, 1.54) is 17.7 Å². The number of rotatable bonds is 4. The summed E-state index contributed by atoms with van der Waals surface area (Å²) in [6, 6.07) is 6.12. The second-order valence-electron chi connectivity index (χ2n) is 4.08. The first-order valence-electron chi connectivity index (χ1n) is 5.76. The lowest BCUT2D eigenvalue weighted by molar-refractivity contribution is -0.168. The molecule has 0 N–H and O–H groups in total. The van der Waals surface area contributed by atoms with Gasteiger partial charge < -0.3 is 4.74 Å². The molecule has 0 bridgehead atoms. The van der Waals surface area contributed by atoms with Crippen LogP contribution in [0.3, 0.4) is 0 Å². The van der Waals surface area contributed by atoms with Gasteiger partial charge in [0.05, 0.1) is 13.7 Å². The first-order valence-corrected chi connectivity index (χ1v) is 5.76. The zero-order chi connectivity index (χ0) is 12.3. The molecule has 17 heavy (non-hydrogen) atoms. The zero-order valence-corrected chi connectivity index (χ0v) is 10.2. The van der Waals surface area contributed by atoms with Gasteiger partial charge in [0.1, 0.15) is 5.75 Å². The molecule has 1 heterocycles. The summed E-state index contributed by atoms with van der Waals surface area (Å²) in [4.78, 5) is 16.5. The quantitative estimate of drug-likeness (QED) is 0.744. The minimum absolute atomic E-state index is 0.0249. The molecule has 1 aliphatic rings. The Morgan fingerprint density at radius 3 is 3.12 bits per heavy atom. The number of aryl methyl sites for hydroxylation is 1. The van der Waals surface area contributed by atoms with Gasteiger partial charge in [0, 0.05) is 19.9 Å². The minimum atomic E-state index is -0.0249. The summed E-state index contributed by atoms with van der Waals surface area (Å²) in [5, 5.41) is 1.25. The molecule has 2 rings (SSSR count). The summed E-state index contributed by atoms with van der Waals surface area (Å²) < 4.78 is 5.59. The molecule has 1 aromatic carbocycles. The first kappa shape index (κ1) is 11.9. The summed E-state index contributed by atoms with van der Waals surface area (Å²) in [6.45, 7) is 0.748. The summed E-state index contributed by atoms with van der Waals surface area (Å²) in [5.74, 6) is 0.948. The molecule has 0 saturated carbocycles. The van der Waals surface area contributed by atoms with Gasteiger partial charge in [-0.2, -0.15) is 0 Å². The van der Waals surface area contributed by atoms with Crippen LogP contribution in [-0.2, 0) is 22.5 Å². The maximum atomic E-state index is 11.6. The van der Waals surface area contributed by atoms with Gasteiger partial charge in [0.2, 0.25) is 5.91 Å². The van der Waals surface area contributed by atoms with E-state index in [4.69, 9.17) is 9.57 Å². The third kappa shape index (κ3) is 2.58. The van der Waals surface area contributed by atoms with Crippen molar-refractivity contribution in [2.75, 3.05) is 20.8 Å². The van der Waals surface area contributed by atoms with Crippen LogP contribution in [0.15, 0.2) is 18.2 Å². The number of amides is 1. The maximum absolute atomic E-state index is 11.6. The van der Waals surface area contributed by atoms with Gasteiger partial charge in [-0.25, -0.2) is 5.06 Å². The van der Waals surface area contributed by atoms with Gasteiger partial charge in [-0.05, 0) is 17.5 Å². The number of fused-ring (bicyclic) bond motifs is 1. The molecule has 0 fully saturated rings. The van der Waals surface area contributed by atoms with Crippen LogP contribution in [0.5, 0.6) is 5.75 Å². The van der Waals surface area contributed by atoms with E-state index in [1.807, 2.05) is 12.1 Å². The number of benzene rings is 1. The molecule has 92 valence electrons. The topological polar surface area (TPSA) is 38.8 Å². The van der Waals surface area contributed by atoms with Gasteiger partial charge in [-0.15, -0.1) is 0 Å². The van der Waals surface area contributed by atoms with Crippen molar-refractivity contribution in [3.8, 4) is 5.75 Å². The molecule has 0 aliphatic carbocycles. The van der Waals surface area contributed by atoms with Crippen LogP contribution in [-0.4, -0.2) is 31.7 Å². The van der Waals surface area contributed by atoms with E-state index >= 15 is 0 Å². The van der Waals surface area contributed by atoms with E-state index < -0.39 is 0 Å². The van der Waals surface area contributed by atoms with E-state index in [9.17, 15) is 4.79 Å². The normalized spacial score (nSPS) is 13.1. The Labute approximate surface area is 101 Å². The second-order valence-corrected chi connectivity index (χ2v) is 4.08.